The molecule has 0 aliphatic carbocycles. The molecule has 0 bridgehead atoms. The molecule has 0 aromatic heterocycles. The van der Waals surface area contributed by atoms with Gasteiger partial charge in [-0.1, -0.05) is 74.5 Å². The van der Waals surface area contributed by atoms with E-state index in [1.807, 2.05) is 60.7 Å². The van der Waals surface area contributed by atoms with E-state index in [0.717, 1.165) is 43.6 Å². The molecule has 0 amide bonds. The van der Waals surface area contributed by atoms with Gasteiger partial charge in [0, 0.05) is 26.2 Å². The van der Waals surface area contributed by atoms with Gasteiger partial charge in [-0.25, -0.2) is 0 Å². The number of piperazine rings is 1. The summed E-state index contributed by atoms with van der Waals surface area (Å²) in [6.07, 6.45) is 1.64. The van der Waals surface area contributed by atoms with Crippen LogP contribution in [0.25, 0.3) is 0 Å². The molecule has 0 spiro atoms. The van der Waals surface area contributed by atoms with Crippen molar-refractivity contribution in [2.24, 2.45) is 5.92 Å². The highest BCUT2D eigenvalue weighted by molar-refractivity contribution is 5.74. The van der Waals surface area contributed by atoms with Gasteiger partial charge in [-0.3, -0.25) is 14.6 Å². The number of rotatable bonds is 9. The Labute approximate surface area is 185 Å². The van der Waals surface area contributed by atoms with Gasteiger partial charge in [0.25, 0.3) is 0 Å². The van der Waals surface area contributed by atoms with E-state index in [0.29, 0.717) is 13.1 Å². The molecule has 1 fully saturated rings. The van der Waals surface area contributed by atoms with Gasteiger partial charge in [-0.2, -0.15) is 5.26 Å². The first-order valence-electron chi connectivity index (χ1n) is 11.2. The van der Waals surface area contributed by atoms with Crippen molar-refractivity contribution in [2.45, 2.75) is 44.7 Å². The Hall–Kier alpha value is -2.68. The zero-order chi connectivity index (χ0) is 22.3. The molecule has 2 aromatic rings. The van der Waals surface area contributed by atoms with Gasteiger partial charge in [-0.05, 0) is 36.4 Å². The Morgan fingerprint density at radius 1 is 1.13 bits per heavy atom. The van der Waals surface area contributed by atoms with Crippen molar-refractivity contribution in [1.29, 1.82) is 5.26 Å². The quantitative estimate of drug-likeness (QED) is 0.661. The number of nitriles is 1. The fraction of sp³-hybridized carbons (Fsp3) is 0.462. The van der Waals surface area contributed by atoms with E-state index in [9.17, 15) is 15.2 Å². The van der Waals surface area contributed by atoms with E-state index < -0.39 is 17.4 Å². The molecule has 5 heteroatoms. The van der Waals surface area contributed by atoms with E-state index in [-0.39, 0.29) is 5.92 Å². The number of nitrogens with zero attached hydrogens (tertiary/aromatic N) is 3. The van der Waals surface area contributed by atoms with Crippen LogP contribution in [-0.4, -0.2) is 53.1 Å². The predicted octanol–water partition coefficient (Wildman–Crippen LogP) is 4.16. The summed E-state index contributed by atoms with van der Waals surface area (Å²) in [6, 6.07) is 22.2. The number of hydrogen-bond donors (Lipinski definition) is 1. The fourth-order valence-electron chi connectivity index (χ4n) is 4.65. The Kier molecular flexibility index (Phi) is 7.84. The second kappa shape index (κ2) is 10.6. The van der Waals surface area contributed by atoms with Crippen LogP contribution in [0.5, 0.6) is 0 Å². The summed E-state index contributed by atoms with van der Waals surface area (Å²) >= 11 is 0. The number of carboxylic acids is 1. The SMILES string of the molecule is CC(C)C(C#N)(CCCN1CCN(Cc2ccccc2)C(C(=O)O)C1)c1ccccc1. The van der Waals surface area contributed by atoms with Crippen LogP contribution in [0.4, 0.5) is 0 Å². The second-order valence-electron chi connectivity index (χ2n) is 8.82. The van der Waals surface area contributed by atoms with Gasteiger partial charge in [0.1, 0.15) is 6.04 Å². The van der Waals surface area contributed by atoms with Gasteiger partial charge >= 0.3 is 5.97 Å². The van der Waals surface area contributed by atoms with Crippen molar-refractivity contribution in [3.63, 3.8) is 0 Å². The largest absolute Gasteiger partial charge is 0.480 e. The number of hydrogen-bond acceptors (Lipinski definition) is 4. The highest BCUT2D eigenvalue weighted by Crippen LogP contribution is 2.36. The van der Waals surface area contributed by atoms with Crippen LogP contribution in [0.15, 0.2) is 60.7 Å². The molecule has 1 saturated heterocycles. The summed E-state index contributed by atoms with van der Waals surface area (Å²) in [4.78, 5) is 16.2. The third-order valence-electron chi connectivity index (χ3n) is 6.61. The van der Waals surface area contributed by atoms with E-state index >= 15 is 0 Å². The summed E-state index contributed by atoms with van der Waals surface area (Å²) in [6.45, 7) is 7.80. The normalized spacial score (nSPS) is 19.6. The van der Waals surface area contributed by atoms with Crippen LogP contribution >= 0.6 is 0 Å². The Morgan fingerprint density at radius 2 is 1.77 bits per heavy atom. The van der Waals surface area contributed by atoms with Crippen LogP contribution in [0.3, 0.4) is 0 Å². The van der Waals surface area contributed by atoms with Crippen molar-refractivity contribution in [3.8, 4) is 6.07 Å². The molecule has 5 nitrogen and oxygen atoms in total. The molecule has 1 N–H and O–H groups in total. The molecular weight excluding hydrogens is 386 g/mol. The summed E-state index contributed by atoms with van der Waals surface area (Å²) in [5, 5.41) is 19.9. The summed E-state index contributed by atoms with van der Waals surface area (Å²) in [5.74, 6) is -0.562. The average molecular weight is 420 g/mol. The van der Waals surface area contributed by atoms with E-state index in [1.165, 1.54) is 0 Å². The lowest BCUT2D eigenvalue weighted by molar-refractivity contribution is -0.146. The van der Waals surface area contributed by atoms with Gasteiger partial charge in [0.05, 0.1) is 11.5 Å². The van der Waals surface area contributed by atoms with Crippen molar-refractivity contribution in [3.05, 3.63) is 71.8 Å². The van der Waals surface area contributed by atoms with E-state index in [1.54, 1.807) is 0 Å². The molecule has 164 valence electrons. The minimum absolute atomic E-state index is 0.203. The molecule has 0 radical (unpaired) electrons. The molecule has 1 aliphatic heterocycles. The maximum Gasteiger partial charge on any atom is 0.322 e. The lowest BCUT2D eigenvalue weighted by Crippen LogP contribution is -2.56. The van der Waals surface area contributed by atoms with Crippen LogP contribution < -0.4 is 0 Å². The number of carboxylic acid groups (broad SMARTS) is 1. The lowest BCUT2D eigenvalue weighted by Gasteiger charge is -2.40. The van der Waals surface area contributed by atoms with Gasteiger partial charge in [0.2, 0.25) is 0 Å². The van der Waals surface area contributed by atoms with E-state index in [4.69, 9.17) is 0 Å². The van der Waals surface area contributed by atoms with Crippen LogP contribution in [0.2, 0.25) is 0 Å². The Balaban J connectivity index is 1.61. The van der Waals surface area contributed by atoms with Gasteiger partial charge in [-0.15, -0.1) is 0 Å². The highest BCUT2D eigenvalue weighted by atomic mass is 16.4. The fourth-order valence-corrected chi connectivity index (χ4v) is 4.65. The minimum Gasteiger partial charge on any atom is -0.480 e. The molecule has 2 atom stereocenters. The Bertz CT molecular complexity index is 879. The zero-order valence-corrected chi connectivity index (χ0v) is 18.6. The zero-order valence-electron chi connectivity index (χ0n) is 18.6. The molecule has 3 rings (SSSR count). The Morgan fingerprint density at radius 3 is 2.35 bits per heavy atom. The summed E-state index contributed by atoms with van der Waals surface area (Å²) in [7, 11) is 0. The maximum absolute atomic E-state index is 11.9. The molecule has 1 aliphatic rings. The van der Waals surface area contributed by atoms with Crippen LogP contribution in [0, 0.1) is 17.2 Å². The van der Waals surface area contributed by atoms with Crippen molar-refractivity contribution >= 4 is 5.97 Å². The van der Waals surface area contributed by atoms with Crippen LogP contribution in [0.1, 0.15) is 37.8 Å². The van der Waals surface area contributed by atoms with Crippen molar-refractivity contribution in [2.75, 3.05) is 26.2 Å². The summed E-state index contributed by atoms with van der Waals surface area (Å²) < 4.78 is 0. The van der Waals surface area contributed by atoms with Gasteiger partial charge < -0.3 is 5.11 Å². The second-order valence-corrected chi connectivity index (χ2v) is 8.82. The summed E-state index contributed by atoms with van der Waals surface area (Å²) in [5.41, 5.74) is 1.70. The predicted molar refractivity (Wildman–Crippen MR) is 123 cm³/mol. The number of benzene rings is 2. The van der Waals surface area contributed by atoms with E-state index in [2.05, 4.69) is 29.7 Å². The first kappa shape index (κ1) is 23.0. The highest BCUT2D eigenvalue weighted by Gasteiger charge is 2.36. The van der Waals surface area contributed by atoms with Crippen molar-refractivity contribution < 1.29 is 9.90 Å². The number of carbonyl (C=O) groups is 1. The topological polar surface area (TPSA) is 67.6 Å². The minimum atomic E-state index is -0.765. The third kappa shape index (κ3) is 5.52. The molecule has 2 unspecified atom stereocenters. The monoisotopic (exact) mass is 419 g/mol. The van der Waals surface area contributed by atoms with Crippen LogP contribution in [-0.2, 0) is 16.8 Å². The first-order valence-corrected chi connectivity index (χ1v) is 11.2. The first-order chi connectivity index (χ1) is 15.0. The lowest BCUT2D eigenvalue weighted by atomic mass is 9.70. The molecule has 31 heavy (non-hydrogen) atoms. The molecule has 0 saturated carbocycles. The molecule has 2 aromatic carbocycles. The third-order valence-corrected chi connectivity index (χ3v) is 6.61. The maximum atomic E-state index is 11.9. The average Bonchev–Trinajstić information content (AvgIpc) is 2.78. The smallest absolute Gasteiger partial charge is 0.322 e. The van der Waals surface area contributed by atoms with Crippen molar-refractivity contribution in [1.82, 2.24) is 9.80 Å². The number of aliphatic carboxylic acids is 1. The molecule has 1 heterocycles. The standard InChI is InChI=1S/C26H33N3O2/c1-21(2)26(20-27,23-12-7-4-8-13-23)14-9-15-28-16-17-29(24(19-28)25(30)31)18-22-10-5-3-6-11-22/h3-8,10-13,21,24H,9,14-19H2,1-2H3,(H,30,31). The van der Waals surface area contributed by atoms with Gasteiger partial charge in [0.15, 0.2) is 0 Å². The molecular formula is C26H33N3O2.